The zero-order valence-electron chi connectivity index (χ0n) is 15.4. The number of benzene rings is 4. The van der Waals surface area contributed by atoms with E-state index in [2.05, 4.69) is 88.3 Å². The first-order chi connectivity index (χ1) is 13.6. The van der Waals surface area contributed by atoms with Crippen molar-refractivity contribution in [3.63, 3.8) is 0 Å². The van der Waals surface area contributed by atoms with Gasteiger partial charge in [-0.05, 0) is 0 Å². The predicted molar refractivity (Wildman–Crippen MR) is 124 cm³/mol. The second kappa shape index (κ2) is 7.62. The monoisotopic (exact) mass is 450 g/mol. The van der Waals surface area contributed by atoms with E-state index < -0.39 is 5.31 Å². The summed E-state index contributed by atoms with van der Waals surface area (Å²) >= 11 is 4.39. The second-order valence-corrected chi connectivity index (χ2v) is 15.9. The van der Waals surface area contributed by atoms with Crippen molar-refractivity contribution < 1.29 is 4.39 Å². The van der Waals surface area contributed by atoms with Crippen molar-refractivity contribution in [2.24, 2.45) is 0 Å². The van der Waals surface area contributed by atoms with Crippen LogP contribution in [0.25, 0.3) is 0 Å². The van der Waals surface area contributed by atoms with Gasteiger partial charge in [0.2, 0.25) is 0 Å². The van der Waals surface area contributed by atoms with Gasteiger partial charge >= 0.3 is 174 Å². The van der Waals surface area contributed by atoms with Crippen LogP contribution in [0.3, 0.4) is 0 Å². The summed E-state index contributed by atoms with van der Waals surface area (Å²) in [5, 5.41) is 0.638. The fraction of sp³-hybridized carbons (Fsp3) is 0.0400. The first kappa shape index (κ1) is 19.1. The summed E-state index contributed by atoms with van der Waals surface area (Å²) in [7, 11) is 0. The predicted octanol–water partition coefficient (Wildman–Crippen LogP) is 6.17. The second-order valence-electron chi connectivity index (χ2n) is 6.98. The molecule has 0 nitrogen and oxygen atoms in total. The van der Waals surface area contributed by atoms with E-state index in [1.807, 2.05) is 24.3 Å². The van der Waals surface area contributed by atoms with E-state index in [9.17, 15) is 4.39 Å². The Hall–Kier alpha value is -2.28. The Morgan fingerprint density at radius 1 is 0.571 bits per heavy atom. The molecule has 0 unspecified atom stereocenters. The average Bonchev–Trinajstić information content (AvgIpc) is 2.76. The molecule has 0 bridgehead atoms. The third kappa shape index (κ3) is 3.21. The summed E-state index contributed by atoms with van der Waals surface area (Å²) in [5.74, 6) is -0.204. The van der Waals surface area contributed by atoms with Gasteiger partial charge in [0.25, 0.3) is 0 Å². The van der Waals surface area contributed by atoms with Gasteiger partial charge in [-0.25, -0.2) is 0 Å². The molecule has 4 rings (SSSR count). The normalized spacial score (nSPS) is 12.9. The van der Waals surface area contributed by atoms with E-state index in [1.54, 1.807) is 12.1 Å². The fourth-order valence-electron chi connectivity index (χ4n) is 3.92. The molecule has 3 heteroatoms. The molecule has 0 saturated carbocycles. The molecule has 0 radical (unpaired) electrons. The van der Waals surface area contributed by atoms with Crippen LogP contribution in [0.5, 0.6) is 0 Å². The SMILES string of the molecule is Fc1cccc(CP(Br)(c2ccccc2)(c2ccccc2)c2ccccc2)c1. The molecule has 0 spiro atoms. The Balaban J connectivity index is 2.09. The van der Waals surface area contributed by atoms with Crippen molar-refractivity contribution in [1.82, 2.24) is 0 Å². The molecular formula is C25H21BrFP. The first-order valence-corrected chi connectivity index (χ1v) is 13.7. The van der Waals surface area contributed by atoms with Gasteiger partial charge in [-0.15, -0.1) is 0 Å². The average molecular weight is 451 g/mol. The summed E-state index contributed by atoms with van der Waals surface area (Å²) in [5.41, 5.74) is 0.978. The van der Waals surface area contributed by atoms with Gasteiger partial charge in [0, 0.05) is 0 Å². The van der Waals surface area contributed by atoms with Gasteiger partial charge in [-0.2, -0.15) is 0 Å². The minimum atomic E-state index is -3.06. The van der Waals surface area contributed by atoms with Crippen LogP contribution in [-0.4, -0.2) is 0 Å². The van der Waals surface area contributed by atoms with Crippen LogP contribution in [-0.2, 0) is 6.16 Å². The first-order valence-electron chi connectivity index (χ1n) is 9.25. The molecule has 140 valence electrons. The van der Waals surface area contributed by atoms with Gasteiger partial charge in [-0.3, -0.25) is 0 Å². The molecule has 0 aliphatic rings. The zero-order valence-corrected chi connectivity index (χ0v) is 17.9. The summed E-state index contributed by atoms with van der Waals surface area (Å²) in [6.45, 7) is 0. The Labute approximate surface area is 173 Å². The molecule has 0 saturated heterocycles. The third-order valence-electron chi connectivity index (χ3n) is 5.25. The van der Waals surface area contributed by atoms with Crippen molar-refractivity contribution in [3.8, 4) is 0 Å². The van der Waals surface area contributed by atoms with Gasteiger partial charge in [0.15, 0.2) is 0 Å². The molecule has 0 aliphatic heterocycles. The van der Waals surface area contributed by atoms with E-state index in [0.717, 1.165) is 5.56 Å². The van der Waals surface area contributed by atoms with E-state index in [0.29, 0.717) is 6.16 Å². The molecule has 0 amide bonds. The molecule has 0 fully saturated rings. The van der Waals surface area contributed by atoms with Crippen LogP contribution in [0.15, 0.2) is 115 Å². The Bertz CT molecular complexity index is 966. The van der Waals surface area contributed by atoms with Gasteiger partial charge < -0.3 is 0 Å². The molecule has 4 aromatic rings. The third-order valence-corrected chi connectivity index (χ3v) is 14.8. The van der Waals surface area contributed by atoms with Crippen molar-refractivity contribution in [2.75, 3.05) is 0 Å². The molecule has 0 heterocycles. The van der Waals surface area contributed by atoms with Gasteiger partial charge in [-0.1, -0.05) is 0 Å². The van der Waals surface area contributed by atoms with Crippen LogP contribution >= 0.6 is 20.8 Å². The van der Waals surface area contributed by atoms with Crippen molar-refractivity contribution in [1.29, 1.82) is 0 Å². The molecule has 0 aliphatic carbocycles. The van der Waals surface area contributed by atoms with Crippen LogP contribution in [0.2, 0.25) is 0 Å². The summed E-state index contributed by atoms with van der Waals surface area (Å²) in [6, 6.07) is 38.7. The maximum absolute atomic E-state index is 14.1. The van der Waals surface area contributed by atoms with Gasteiger partial charge in [0.1, 0.15) is 0 Å². The molecule has 4 aromatic carbocycles. The van der Waals surface area contributed by atoms with Crippen molar-refractivity contribution >= 4 is 36.7 Å². The topological polar surface area (TPSA) is 0 Å². The summed E-state index contributed by atoms with van der Waals surface area (Å²) in [6.07, 6.45) is 0.696. The molecule has 0 N–H and O–H groups in total. The van der Waals surface area contributed by atoms with Crippen LogP contribution in [0.1, 0.15) is 5.56 Å². The van der Waals surface area contributed by atoms with Crippen molar-refractivity contribution in [3.05, 3.63) is 127 Å². The minimum absolute atomic E-state index is 0.204. The van der Waals surface area contributed by atoms with E-state index in [-0.39, 0.29) is 5.82 Å². The Morgan fingerprint density at radius 2 is 1.00 bits per heavy atom. The summed E-state index contributed by atoms with van der Waals surface area (Å²) in [4.78, 5) is 0. The quantitative estimate of drug-likeness (QED) is 0.319. The van der Waals surface area contributed by atoms with Crippen LogP contribution in [0, 0.1) is 5.82 Å². The number of hydrogen-bond donors (Lipinski definition) is 0. The van der Waals surface area contributed by atoms with Crippen LogP contribution in [0.4, 0.5) is 4.39 Å². The maximum atomic E-state index is 14.1. The summed E-state index contributed by atoms with van der Waals surface area (Å²) < 4.78 is 14.1. The van der Waals surface area contributed by atoms with Crippen LogP contribution < -0.4 is 15.9 Å². The van der Waals surface area contributed by atoms with Gasteiger partial charge in [0.05, 0.1) is 0 Å². The Morgan fingerprint density at radius 3 is 1.39 bits per heavy atom. The zero-order chi connectivity index (χ0) is 19.5. The number of halogens is 2. The molecular weight excluding hydrogens is 430 g/mol. The Kier molecular flexibility index (Phi) is 5.19. The number of rotatable bonds is 5. The van der Waals surface area contributed by atoms with E-state index in [1.165, 1.54) is 22.0 Å². The van der Waals surface area contributed by atoms with E-state index >= 15 is 0 Å². The fourth-order valence-corrected chi connectivity index (χ4v) is 11.6. The van der Waals surface area contributed by atoms with Crippen molar-refractivity contribution in [2.45, 2.75) is 6.16 Å². The van der Waals surface area contributed by atoms with E-state index in [4.69, 9.17) is 0 Å². The molecule has 0 aromatic heterocycles. The molecule has 28 heavy (non-hydrogen) atoms. The number of hydrogen-bond acceptors (Lipinski definition) is 0. The molecule has 0 atom stereocenters. The standard InChI is InChI=1S/C25H21BrFP/c26-28(23-13-4-1-5-14-23,24-15-6-2-7-16-24,25-17-8-3-9-18-25)20-21-11-10-12-22(27)19-21/h1-19H,20H2.